The van der Waals surface area contributed by atoms with Gasteiger partial charge >= 0.3 is 5.95 Å². The molecule has 5 rings (SSSR count). The van der Waals surface area contributed by atoms with Crippen molar-refractivity contribution in [1.29, 1.82) is 0 Å². The lowest BCUT2D eigenvalue weighted by Crippen LogP contribution is -2.10. The largest absolute Gasteiger partial charge is 0.480 e. The van der Waals surface area contributed by atoms with Crippen molar-refractivity contribution in [3.8, 4) is 17.1 Å². The Hall–Kier alpha value is -3.35. The number of rotatable bonds is 3. The van der Waals surface area contributed by atoms with Crippen molar-refractivity contribution >= 4 is 41.2 Å². The minimum absolute atomic E-state index is 0.130. The summed E-state index contributed by atoms with van der Waals surface area (Å²) in [5.74, 6) is 0.531. The summed E-state index contributed by atoms with van der Waals surface area (Å²) in [6.45, 7) is 6.66. The van der Waals surface area contributed by atoms with Crippen molar-refractivity contribution in [3.63, 3.8) is 0 Å². The zero-order valence-corrected chi connectivity index (χ0v) is 20.1. The van der Waals surface area contributed by atoms with E-state index in [0.29, 0.717) is 14.7 Å². The molecule has 0 aliphatic carbocycles. The minimum Gasteiger partial charge on any atom is -0.480 e. The monoisotopic (exact) mass is 470 g/mol. The van der Waals surface area contributed by atoms with Gasteiger partial charge in [0.1, 0.15) is 4.88 Å². The van der Waals surface area contributed by atoms with Crippen molar-refractivity contribution in [3.05, 3.63) is 97.3 Å². The maximum Gasteiger partial charge on any atom is 0.301 e. The molecule has 0 radical (unpaired) electrons. The first-order valence-corrected chi connectivity index (χ1v) is 11.8. The predicted molar refractivity (Wildman–Crippen MR) is 137 cm³/mol. The Morgan fingerprint density at radius 1 is 0.909 bits per heavy atom. The van der Waals surface area contributed by atoms with Crippen LogP contribution < -0.4 is 10.6 Å². The van der Waals surface area contributed by atoms with E-state index in [9.17, 15) is 5.11 Å². The van der Waals surface area contributed by atoms with Crippen LogP contribution >= 0.6 is 23.6 Å². The highest BCUT2D eigenvalue weighted by molar-refractivity contribution is 7.73. The molecule has 2 heterocycles. The van der Waals surface area contributed by atoms with Gasteiger partial charge in [0.05, 0.1) is 11.0 Å². The number of aromatic hydroxyl groups is 1. The summed E-state index contributed by atoms with van der Waals surface area (Å²) in [6, 6.07) is 22.9. The molecule has 0 unspecified atom stereocenters. The molecule has 1 aromatic heterocycles. The summed E-state index contributed by atoms with van der Waals surface area (Å²) < 4.78 is 5.33. The summed E-state index contributed by atoms with van der Waals surface area (Å²) in [4.78, 5) is 10.1. The molecule has 0 bridgehead atoms. The predicted octanol–water partition coefficient (Wildman–Crippen LogP) is 6.28. The molecular weight excluding hydrogens is 448 g/mol. The van der Waals surface area contributed by atoms with E-state index in [1.165, 1.54) is 22.5 Å². The normalized spacial score (nSPS) is 13.5. The summed E-state index contributed by atoms with van der Waals surface area (Å²) in [7, 11) is 0. The van der Waals surface area contributed by atoms with E-state index in [1.807, 2.05) is 36.4 Å². The fraction of sp³-hybridized carbons (Fsp3) is 0.148. The van der Waals surface area contributed by atoms with Crippen LogP contribution in [0.5, 0.6) is 5.95 Å². The SMILES string of the molecule is CC(C)(C)c1ccc(-c2cccc(C3=Nc4c/c(=C/c5sc(=S)oc5O)ccc4=N3)c2)cc1. The van der Waals surface area contributed by atoms with E-state index in [2.05, 4.69) is 57.2 Å². The first kappa shape index (κ1) is 21.5. The molecule has 4 aromatic rings. The fourth-order valence-electron chi connectivity index (χ4n) is 3.72. The number of fused-ring (bicyclic) bond motifs is 1. The molecule has 0 saturated carbocycles. The zero-order valence-electron chi connectivity index (χ0n) is 18.5. The van der Waals surface area contributed by atoms with E-state index in [0.717, 1.165) is 27.4 Å². The number of amidine groups is 1. The third-order valence-electron chi connectivity index (χ3n) is 5.54. The highest BCUT2D eigenvalue weighted by atomic mass is 32.1. The molecule has 6 heteroatoms. The van der Waals surface area contributed by atoms with Crippen LogP contribution in [-0.4, -0.2) is 10.9 Å². The molecule has 33 heavy (non-hydrogen) atoms. The van der Waals surface area contributed by atoms with Gasteiger partial charge in [-0.2, -0.15) is 0 Å². The topological polar surface area (TPSA) is 58.1 Å². The van der Waals surface area contributed by atoms with E-state index >= 15 is 0 Å². The van der Waals surface area contributed by atoms with Crippen molar-refractivity contribution in [2.45, 2.75) is 26.2 Å². The molecule has 0 fully saturated rings. The summed E-state index contributed by atoms with van der Waals surface area (Å²) in [5.41, 5.74) is 5.51. The molecule has 1 aliphatic rings. The smallest absolute Gasteiger partial charge is 0.301 e. The van der Waals surface area contributed by atoms with Gasteiger partial charge in [-0.1, -0.05) is 80.6 Å². The first-order chi connectivity index (χ1) is 15.8. The van der Waals surface area contributed by atoms with Crippen molar-refractivity contribution in [2.75, 3.05) is 0 Å². The maximum atomic E-state index is 9.85. The van der Waals surface area contributed by atoms with Gasteiger partial charge in [-0.15, -0.1) is 0 Å². The van der Waals surface area contributed by atoms with Gasteiger partial charge in [0, 0.05) is 5.56 Å². The molecule has 1 N–H and O–H groups in total. The number of hydrogen-bond donors (Lipinski definition) is 1. The zero-order chi connectivity index (χ0) is 23.2. The van der Waals surface area contributed by atoms with E-state index in [4.69, 9.17) is 26.6 Å². The molecule has 0 spiro atoms. The standard InChI is InChI=1S/C27H22N2O2S2/c1-27(2,3)20-10-8-17(9-11-20)18-5-4-6-19(15-18)24-28-21-12-7-16(13-22(21)29-24)14-23-25(30)31-26(32)33-23/h4-15,30H,1-3H3/b16-14+. The Balaban J connectivity index is 1.47. The second-order valence-corrected chi connectivity index (χ2v) is 10.6. The van der Waals surface area contributed by atoms with Crippen LogP contribution in [-0.2, 0) is 5.41 Å². The van der Waals surface area contributed by atoms with Crippen molar-refractivity contribution in [1.82, 2.24) is 0 Å². The Kier molecular flexibility index (Phi) is 5.35. The van der Waals surface area contributed by atoms with E-state index < -0.39 is 0 Å². The molecule has 1 aliphatic heterocycles. The first-order valence-electron chi connectivity index (χ1n) is 10.6. The van der Waals surface area contributed by atoms with Crippen LogP contribution in [0.4, 0.5) is 5.69 Å². The second kappa shape index (κ2) is 8.21. The summed E-state index contributed by atoms with van der Waals surface area (Å²) >= 11 is 6.21. The van der Waals surface area contributed by atoms with Gasteiger partial charge in [-0.3, -0.25) is 0 Å². The van der Waals surface area contributed by atoms with Gasteiger partial charge in [0.2, 0.25) is 0 Å². The lowest BCUT2D eigenvalue weighted by atomic mass is 9.86. The fourth-order valence-corrected chi connectivity index (χ4v) is 4.70. The van der Waals surface area contributed by atoms with Gasteiger partial charge in [-0.05, 0) is 63.8 Å². The van der Waals surface area contributed by atoms with Gasteiger partial charge < -0.3 is 9.52 Å². The number of aliphatic imine (C=N–C) groups is 1. The van der Waals surface area contributed by atoms with Crippen molar-refractivity contribution < 1.29 is 9.52 Å². The molecule has 164 valence electrons. The van der Waals surface area contributed by atoms with Crippen molar-refractivity contribution in [2.24, 2.45) is 9.98 Å². The summed E-state index contributed by atoms with van der Waals surface area (Å²) in [5, 5.41) is 11.6. The quantitative estimate of drug-likeness (QED) is 0.359. The minimum atomic E-state index is -0.160. The second-order valence-electron chi connectivity index (χ2n) is 8.97. The Labute approximate surface area is 200 Å². The number of hydrogen-bond acceptors (Lipinski definition) is 6. The highest BCUT2D eigenvalue weighted by Crippen LogP contribution is 2.28. The van der Waals surface area contributed by atoms with Crippen LogP contribution in [0.15, 0.2) is 81.1 Å². The van der Waals surface area contributed by atoms with Crippen LogP contribution in [0.1, 0.15) is 36.8 Å². The molecule has 3 aromatic carbocycles. The van der Waals surface area contributed by atoms with E-state index in [-0.39, 0.29) is 11.4 Å². The molecular formula is C27H22N2O2S2. The lowest BCUT2D eigenvalue weighted by Gasteiger charge is -2.19. The van der Waals surface area contributed by atoms with E-state index in [1.54, 1.807) is 0 Å². The van der Waals surface area contributed by atoms with Gasteiger partial charge in [0.15, 0.2) is 5.84 Å². The third kappa shape index (κ3) is 4.45. The van der Waals surface area contributed by atoms with Gasteiger partial charge in [-0.25, -0.2) is 9.98 Å². The number of nitrogens with zero attached hydrogens (tertiary/aromatic N) is 2. The van der Waals surface area contributed by atoms with Crippen LogP contribution in [0.25, 0.3) is 17.2 Å². The maximum absolute atomic E-state index is 9.85. The molecule has 0 amide bonds. The Bertz CT molecular complexity index is 1570. The third-order valence-corrected chi connectivity index (χ3v) is 6.63. The Morgan fingerprint density at radius 2 is 1.67 bits per heavy atom. The molecule has 0 atom stereocenters. The van der Waals surface area contributed by atoms with Crippen LogP contribution in [0, 0.1) is 4.02 Å². The van der Waals surface area contributed by atoms with Crippen LogP contribution in [0.2, 0.25) is 0 Å². The lowest BCUT2D eigenvalue weighted by molar-refractivity contribution is 0.327. The average molecular weight is 471 g/mol. The highest BCUT2D eigenvalue weighted by Gasteiger charge is 2.14. The number of benzene rings is 3. The molecule has 0 saturated heterocycles. The van der Waals surface area contributed by atoms with Gasteiger partial charge in [0.25, 0.3) is 4.02 Å². The average Bonchev–Trinajstić information content (AvgIpc) is 3.35. The Morgan fingerprint density at radius 3 is 2.36 bits per heavy atom. The molecule has 4 nitrogen and oxygen atoms in total. The summed E-state index contributed by atoms with van der Waals surface area (Å²) in [6.07, 6.45) is 1.83. The van der Waals surface area contributed by atoms with Crippen LogP contribution in [0.3, 0.4) is 0 Å².